The van der Waals surface area contributed by atoms with Gasteiger partial charge in [-0.2, -0.15) is 0 Å². The number of nitrogens with zero attached hydrogens (tertiary/aromatic N) is 2. The minimum Gasteiger partial charge on any atom is -0.455 e. The normalized spacial score (nSPS) is 13.0. The van der Waals surface area contributed by atoms with E-state index in [1.165, 1.54) is 38.4 Å². The number of benzene rings is 9. The van der Waals surface area contributed by atoms with Gasteiger partial charge < -0.3 is 4.42 Å². The van der Waals surface area contributed by atoms with Crippen LogP contribution < -0.4 is 0 Å². The minimum absolute atomic E-state index is 0.152. The maximum atomic E-state index is 6.48. The second kappa shape index (κ2) is 13.2. The maximum absolute atomic E-state index is 6.48. The van der Waals surface area contributed by atoms with Crippen LogP contribution in [0.3, 0.4) is 0 Å². The number of fused-ring (bicyclic) bond motifs is 8. The highest BCUT2D eigenvalue weighted by molar-refractivity contribution is 6.11. The first-order valence-corrected chi connectivity index (χ1v) is 20.6. The first kappa shape index (κ1) is 34.4. The third-order valence-corrected chi connectivity index (χ3v) is 12.6. The van der Waals surface area contributed by atoms with Gasteiger partial charge in [-0.25, -0.2) is 9.97 Å². The molecule has 0 saturated heterocycles. The molecule has 9 aromatic carbocycles. The predicted octanol–water partition coefficient (Wildman–Crippen LogP) is 15.3. The van der Waals surface area contributed by atoms with Crippen LogP contribution in [0.4, 0.5) is 0 Å². The van der Waals surface area contributed by atoms with E-state index in [2.05, 4.69) is 196 Å². The van der Waals surface area contributed by atoms with Gasteiger partial charge in [0, 0.05) is 38.4 Å². The number of hydrogen-bond donors (Lipinski definition) is 0. The molecule has 1 aliphatic rings. The summed E-state index contributed by atoms with van der Waals surface area (Å²) in [7, 11) is 0. The van der Waals surface area contributed by atoms with E-state index in [-0.39, 0.29) is 5.41 Å². The van der Waals surface area contributed by atoms with Gasteiger partial charge in [-0.1, -0.05) is 159 Å². The topological polar surface area (TPSA) is 38.9 Å². The van der Waals surface area contributed by atoms with Crippen molar-refractivity contribution in [3.63, 3.8) is 0 Å². The Balaban J connectivity index is 0.995. The van der Waals surface area contributed by atoms with Crippen molar-refractivity contribution in [3.8, 4) is 67.3 Å². The van der Waals surface area contributed by atoms with Crippen molar-refractivity contribution in [1.29, 1.82) is 0 Å². The quantitative estimate of drug-likeness (QED) is 0.175. The van der Waals surface area contributed by atoms with E-state index in [0.717, 1.165) is 77.7 Å². The van der Waals surface area contributed by atoms with E-state index >= 15 is 0 Å². The molecule has 0 amide bonds. The van der Waals surface area contributed by atoms with Gasteiger partial charge in [0.15, 0.2) is 5.82 Å². The summed E-state index contributed by atoms with van der Waals surface area (Å²) < 4.78 is 6.48. The Morgan fingerprint density at radius 3 is 1.83 bits per heavy atom. The van der Waals surface area contributed by atoms with Crippen molar-refractivity contribution in [2.75, 3.05) is 0 Å². The molecule has 2 heterocycles. The lowest BCUT2D eigenvalue weighted by Gasteiger charge is -2.22. The molecule has 0 N–H and O–H groups in total. The van der Waals surface area contributed by atoms with Gasteiger partial charge in [-0.15, -0.1) is 0 Å². The summed E-state index contributed by atoms with van der Waals surface area (Å²) in [5.74, 6) is 0.712. The largest absolute Gasteiger partial charge is 0.455 e. The van der Waals surface area contributed by atoms with Gasteiger partial charge in [0.1, 0.15) is 11.2 Å². The van der Waals surface area contributed by atoms with Gasteiger partial charge in [-0.05, 0) is 109 Å². The summed E-state index contributed by atoms with van der Waals surface area (Å²) in [6.45, 7) is 4.69. The third kappa shape index (κ3) is 5.43. The molecule has 0 radical (unpaired) electrons. The van der Waals surface area contributed by atoms with Gasteiger partial charge in [0.2, 0.25) is 0 Å². The Morgan fingerprint density at radius 2 is 1.03 bits per heavy atom. The molecule has 2 aromatic heterocycles. The highest BCUT2D eigenvalue weighted by Crippen LogP contribution is 2.53. The molecule has 0 unspecified atom stereocenters. The molecular formula is C57H38N2O. The van der Waals surface area contributed by atoms with E-state index in [4.69, 9.17) is 14.4 Å². The predicted molar refractivity (Wildman–Crippen MR) is 249 cm³/mol. The zero-order valence-electron chi connectivity index (χ0n) is 33.3. The lowest BCUT2D eigenvalue weighted by Crippen LogP contribution is -2.14. The fourth-order valence-electron chi connectivity index (χ4n) is 9.55. The number of furan rings is 1. The van der Waals surface area contributed by atoms with E-state index < -0.39 is 0 Å². The monoisotopic (exact) mass is 766 g/mol. The lowest BCUT2D eigenvalue weighted by atomic mass is 9.81. The molecule has 11 aromatic rings. The van der Waals surface area contributed by atoms with Gasteiger partial charge in [-0.3, -0.25) is 0 Å². The van der Waals surface area contributed by atoms with Crippen molar-refractivity contribution in [1.82, 2.24) is 9.97 Å². The third-order valence-electron chi connectivity index (χ3n) is 12.6. The van der Waals surface area contributed by atoms with Crippen molar-refractivity contribution >= 4 is 43.5 Å². The molecule has 3 heteroatoms. The number of rotatable bonds is 5. The standard InChI is InChI=1S/C57H38N2O/c1-57(2)49-22-13-21-45(54(49)48-30-37-18-9-10-19-38(37)33-50(48)57)52-34-51(58-56(59-52)36-16-7-4-8-17-36)42-27-26-39-28-41(25-24-40(39)29-42)43-31-46(35-14-5-3-6-15-35)55-47(32-43)44-20-11-12-23-53(44)60-55/h3-34H,1-2H3. The van der Waals surface area contributed by atoms with Crippen LogP contribution in [-0.2, 0) is 5.41 Å². The molecule has 0 atom stereocenters. The molecule has 0 fully saturated rings. The Hall–Kier alpha value is -7.62. The fraction of sp³-hybridized carbons (Fsp3) is 0.0526. The summed E-state index contributed by atoms with van der Waals surface area (Å²) in [5.41, 5.74) is 16.4. The van der Waals surface area contributed by atoms with Crippen molar-refractivity contribution in [3.05, 3.63) is 205 Å². The van der Waals surface area contributed by atoms with E-state index in [9.17, 15) is 0 Å². The molecule has 0 saturated carbocycles. The molecule has 12 rings (SSSR count). The molecule has 0 spiro atoms. The summed E-state index contributed by atoms with van der Waals surface area (Å²) in [6, 6.07) is 69.5. The van der Waals surface area contributed by atoms with Crippen LogP contribution in [0.2, 0.25) is 0 Å². The number of hydrogen-bond acceptors (Lipinski definition) is 3. The number of para-hydroxylation sites is 1. The summed E-state index contributed by atoms with van der Waals surface area (Å²) in [5, 5.41) is 7.07. The second-order valence-electron chi connectivity index (χ2n) is 16.6. The zero-order chi connectivity index (χ0) is 40.0. The molecule has 0 aliphatic heterocycles. The molecule has 3 nitrogen and oxygen atoms in total. The minimum atomic E-state index is -0.152. The molecule has 1 aliphatic carbocycles. The Morgan fingerprint density at radius 1 is 0.383 bits per heavy atom. The van der Waals surface area contributed by atoms with Crippen LogP contribution in [-0.4, -0.2) is 9.97 Å². The van der Waals surface area contributed by atoms with Crippen LogP contribution >= 0.6 is 0 Å². The van der Waals surface area contributed by atoms with E-state index in [0.29, 0.717) is 5.82 Å². The average molecular weight is 767 g/mol. The van der Waals surface area contributed by atoms with Crippen LogP contribution in [0.15, 0.2) is 199 Å². The SMILES string of the molecule is CC1(C)c2cc3ccccc3cc2-c2c(-c3cc(-c4ccc5cc(-c6cc(-c7ccccc7)c7oc8ccccc8c7c6)ccc5c4)nc(-c4ccccc4)n3)cccc21. The summed E-state index contributed by atoms with van der Waals surface area (Å²) in [6.07, 6.45) is 0. The first-order valence-electron chi connectivity index (χ1n) is 20.6. The van der Waals surface area contributed by atoms with Crippen LogP contribution in [0.25, 0.3) is 111 Å². The van der Waals surface area contributed by atoms with Crippen LogP contribution in [0.5, 0.6) is 0 Å². The van der Waals surface area contributed by atoms with Crippen LogP contribution in [0, 0.1) is 0 Å². The smallest absolute Gasteiger partial charge is 0.160 e. The zero-order valence-corrected chi connectivity index (χ0v) is 33.3. The molecular weight excluding hydrogens is 729 g/mol. The van der Waals surface area contributed by atoms with Crippen molar-refractivity contribution in [2.24, 2.45) is 0 Å². The maximum Gasteiger partial charge on any atom is 0.160 e. The highest BCUT2D eigenvalue weighted by atomic mass is 16.3. The molecule has 282 valence electrons. The lowest BCUT2D eigenvalue weighted by molar-refractivity contribution is 0.661. The summed E-state index contributed by atoms with van der Waals surface area (Å²) in [4.78, 5) is 10.6. The van der Waals surface area contributed by atoms with Crippen LogP contribution in [0.1, 0.15) is 25.0 Å². The molecule has 60 heavy (non-hydrogen) atoms. The molecule has 0 bridgehead atoms. The Kier molecular flexibility index (Phi) is 7.58. The highest BCUT2D eigenvalue weighted by Gasteiger charge is 2.37. The van der Waals surface area contributed by atoms with Crippen molar-refractivity contribution in [2.45, 2.75) is 19.3 Å². The van der Waals surface area contributed by atoms with Gasteiger partial charge >= 0.3 is 0 Å². The van der Waals surface area contributed by atoms with Gasteiger partial charge in [0.05, 0.1) is 11.4 Å². The fourth-order valence-corrected chi connectivity index (χ4v) is 9.55. The average Bonchev–Trinajstić information content (AvgIpc) is 3.79. The summed E-state index contributed by atoms with van der Waals surface area (Å²) >= 11 is 0. The number of aromatic nitrogens is 2. The van der Waals surface area contributed by atoms with Gasteiger partial charge in [0.25, 0.3) is 0 Å². The van der Waals surface area contributed by atoms with Crippen molar-refractivity contribution < 1.29 is 4.42 Å². The van der Waals surface area contributed by atoms with E-state index in [1.807, 2.05) is 12.1 Å². The Bertz CT molecular complexity index is 3510. The first-order chi connectivity index (χ1) is 29.5. The second-order valence-corrected chi connectivity index (χ2v) is 16.6. The Labute approximate surface area is 348 Å². The van der Waals surface area contributed by atoms with E-state index in [1.54, 1.807) is 0 Å².